The Hall–Kier alpha value is -1.63. The lowest BCUT2D eigenvalue weighted by atomic mass is 10.2. The van der Waals surface area contributed by atoms with Crippen molar-refractivity contribution < 1.29 is 14.7 Å². The highest BCUT2D eigenvalue weighted by Gasteiger charge is 2.30. The summed E-state index contributed by atoms with van der Waals surface area (Å²) < 4.78 is 0. The number of nitrogens with one attached hydrogen (secondary N) is 1. The molecule has 2 rings (SSSR count). The van der Waals surface area contributed by atoms with Gasteiger partial charge in [0.25, 0.3) is 0 Å². The van der Waals surface area contributed by atoms with Crippen LogP contribution < -0.4 is 5.32 Å². The third-order valence-electron chi connectivity index (χ3n) is 3.24. The van der Waals surface area contributed by atoms with Crippen molar-refractivity contribution in [2.45, 2.75) is 49.8 Å². The maximum Gasteiger partial charge on any atom is 0.340 e. The molecule has 1 aromatic rings. The third-order valence-corrected chi connectivity index (χ3v) is 4.33. The van der Waals surface area contributed by atoms with E-state index in [1.54, 1.807) is 13.8 Å². The molecule has 0 aliphatic heterocycles. The van der Waals surface area contributed by atoms with Gasteiger partial charge in [0, 0.05) is 12.5 Å². The first-order chi connectivity index (χ1) is 9.93. The molecule has 1 heterocycles. The molecule has 0 aromatic carbocycles. The highest BCUT2D eigenvalue weighted by molar-refractivity contribution is 8.00. The number of amides is 1. The van der Waals surface area contributed by atoms with Crippen LogP contribution in [-0.2, 0) is 4.79 Å². The second-order valence-corrected chi connectivity index (χ2v) is 6.41. The molecule has 114 valence electrons. The van der Waals surface area contributed by atoms with Gasteiger partial charge in [-0.1, -0.05) is 11.8 Å². The van der Waals surface area contributed by atoms with Crippen LogP contribution in [0.1, 0.15) is 54.5 Å². The Bertz CT molecular complexity index is 573. The minimum absolute atomic E-state index is 0.0977. The molecular weight excluding hydrogens is 290 g/mol. The topological polar surface area (TPSA) is 92.2 Å². The minimum atomic E-state index is -1.06. The molecule has 1 atom stereocenters. The van der Waals surface area contributed by atoms with Gasteiger partial charge in [0.05, 0.1) is 10.9 Å². The number of carbonyl (C=O) groups excluding carboxylic acids is 1. The van der Waals surface area contributed by atoms with Gasteiger partial charge in [-0.25, -0.2) is 14.8 Å². The van der Waals surface area contributed by atoms with Crippen LogP contribution in [0.2, 0.25) is 0 Å². The maximum atomic E-state index is 11.8. The quantitative estimate of drug-likeness (QED) is 0.616. The standard InChI is InChI=1S/C14H19N3O3S/c1-4-15-12(18)8(3)21-13-10(14(19)20)7(2)16-11(17-13)9-5-6-9/h8-9H,4-6H2,1-3H3,(H,15,18)(H,19,20). The highest BCUT2D eigenvalue weighted by atomic mass is 32.2. The van der Waals surface area contributed by atoms with Crippen LogP contribution >= 0.6 is 11.8 Å². The number of hydrogen-bond donors (Lipinski definition) is 2. The summed E-state index contributed by atoms with van der Waals surface area (Å²) in [5.74, 6) is -0.141. The van der Waals surface area contributed by atoms with Gasteiger partial charge in [0.2, 0.25) is 5.91 Å². The predicted molar refractivity (Wildman–Crippen MR) is 79.7 cm³/mol. The lowest BCUT2D eigenvalue weighted by molar-refractivity contribution is -0.120. The summed E-state index contributed by atoms with van der Waals surface area (Å²) in [4.78, 5) is 31.9. The molecule has 1 amide bonds. The number of rotatable bonds is 6. The molecule has 1 aromatic heterocycles. The SMILES string of the molecule is CCNC(=O)C(C)Sc1nc(C2CC2)nc(C)c1C(=O)O. The van der Waals surface area contributed by atoms with Gasteiger partial charge in [-0.05, 0) is 33.6 Å². The normalized spacial score (nSPS) is 15.6. The fraction of sp³-hybridized carbons (Fsp3) is 0.571. The summed E-state index contributed by atoms with van der Waals surface area (Å²) in [5, 5.41) is 12.1. The molecule has 1 aliphatic rings. The molecule has 1 unspecified atom stereocenters. The van der Waals surface area contributed by atoms with E-state index >= 15 is 0 Å². The molecule has 0 radical (unpaired) electrons. The van der Waals surface area contributed by atoms with Crippen molar-refractivity contribution >= 4 is 23.6 Å². The van der Waals surface area contributed by atoms with Crippen LogP contribution in [-0.4, -0.2) is 38.7 Å². The largest absolute Gasteiger partial charge is 0.478 e. The average molecular weight is 309 g/mol. The Morgan fingerprint density at radius 1 is 1.43 bits per heavy atom. The van der Waals surface area contributed by atoms with Gasteiger partial charge in [-0.3, -0.25) is 4.79 Å². The van der Waals surface area contributed by atoms with Crippen molar-refractivity contribution in [2.24, 2.45) is 0 Å². The summed E-state index contributed by atoms with van der Waals surface area (Å²) in [7, 11) is 0. The molecule has 21 heavy (non-hydrogen) atoms. The molecule has 0 bridgehead atoms. The zero-order valence-corrected chi connectivity index (χ0v) is 13.2. The number of nitrogens with zero attached hydrogens (tertiary/aromatic N) is 2. The van der Waals surface area contributed by atoms with Gasteiger partial charge in [-0.15, -0.1) is 0 Å². The van der Waals surface area contributed by atoms with Crippen LogP contribution in [0.4, 0.5) is 0 Å². The van der Waals surface area contributed by atoms with E-state index < -0.39 is 11.2 Å². The van der Waals surface area contributed by atoms with Crippen molar-refractivity contribution in [1.29, 1.82) is 0 Å². The number of carboxylic acid groups (broad SMARTS) is 1. The smallest absolute Gasteiger partial charge is 0.340 e. The number of aromatic nitrogens is 2. The van der Waals surface area contributed by atoms with E-state index in [-0.39, 0.29) is 11.5 Å². The van der Waals surface area contributed by atoms with E-state index in [4.69, 9.17) is 0 Å². The molecule has 0 spiro atoms. The highest BCUT2D eigenvalue weighted by Crippen LogP contribution is 2.39. The minimum Gasteiger partial charge on any atom is -0.478 e. The molecule has 7 heteroatoms. The van der Waals surface area contributed by atoms with Crippen molar-refractivity contribution in [3.63, 3.8) is 0 Å². The first-order valence-corrected chi connectivity index (χ1v) is 7.88. The first-order valence-electron chi connectivity index (χ1n) is 7.00. The fourth-order valence-corrected chi connectivity index (χ4v) is 2.99. The van der Waals surface area contributed by atoms with Crippen LogP contribution in [0.3, 0.4) is 0 Å². The lowest BCUT2D eigenvalue weighted by Gasteiger charge is -2.14. The lowest BCUT2D eigenvalue weighted by Crippen LogP contribution is -2.30. The summed E-state index contributed by atoms with van der Waals surface area (Å²) in [5.41, 5.74) is 0.561. The van der Waals surface area contributed by atoms with E-state index in [1.807, 2.05) is 6.92 Å². The number of carbonyl (C=O) groups is 2. The number of carboxylic acids is 1. The number of aryl methyl sites for hydroxylation is 1. The number of thioether (sulfide) groups is 1. The molecule has 6 nitrogen and oxygen atoms in total. The maximum absolute atomic E-state index is 11.8. The van der Waals surface area contributed by atoms with Crippen LogP contribution in [0.15, 0.2) is 5.03 Å². The number of aromatic carboxylic acids is 1. The molecular formula is C14H19N3O3S. The van der Waals surface area contributed by atoms with Crippen molar-refractivity contribution in [3.8, 4) is 0 Å². The molecule has 1 aliphatic carbocycles. The second-order valence-electron chi connectivity index (χ2n) is 5.08. The zero-order chi connectivity index (χ0) is 15.6. The van der Waals surface area contributed by atoms with Crippen molar-refractivity contribution in [3.05, 3.63) is 17.1 Å². The Labute approximate surface area is 127 Å². The monoisotopic (exact) mass is 309 g/mol. The van der Waals surface area contributed by atoms with E-state index in [0.717, 1.165) is 12.8 Å². The molecule has 0 saturated heterocycles. The van der Waals surface area contributed by atoms with Crippen molar-refractivity contribution in [1.82, 2.24) is 15.3 Å². The summed E-state index contributed by atoms with van der Waals surface area (Å²) in [6.07, 6.45) is 2.09. The van der Waals surface area contributed by atoms with Gasteiger partial charge < -0.3 is 10.4 Å². The third kappa shape index (κ3) is 3.72. The van der Waals surface area contributed by atoms with E-state index in [1.165, 1.54) is 11.8 Å². The van der Waals surface area contributed by atoms with Gasteiger partial charge in [0.15, 0.2) is 0 Å². The Balaban J connectivity index is 2.30. The summed E-state index contributed by atoms with van der Waals surface area (Å²) >= 11 is 1.18. The van der Waals surface area contributed by atoms with E-state index in [2.05, 4.69) is 15.3 Å². The first kappa shape index (κ1) is 15.8. The Morgan fingerprint density at radius 3 is 2.62 bits per heavy atom. The summed E-state index contributed by atoms with van der Waals surface area (Å²) in [6.45, 7) is 5.82. The van der Waals surface area contributed by atoms with E-state index in [0.29, 0.717) is 29.0 Å². The zero-order valence-electron chi connectivity index (χ0n) is 12.3. The second kappa shape index (κ2) is 6.43. The van der Waals surface area contributed by atoms with Gasteiger partial charge in [0.1, 0.15) is 16.4 Å². The Kier molecular flexibility index (Phi) is 4.82. The molecule has 2 N–H and O–H groups in total. The molecule has 1 fully saturated rings. The van der Waals surface area contributed by atoms with Crippen LogP contribution in [0.25, 0.3) is 0 Å². The van der Waals surface area contributed by atoms with Crippen LogP contribution in [0, 0.1) is 6.92 Å². The van der Waals surface area contributed by atoms with Gasteiger partial charge >= 0.3 is 5.97 Å². The molecule has 1 saturated carbocycles. The average Bonchev–Trinajstić information content (AvgIpc) is 3.21. The number of hydrogen-bond acceptors (Lipinski definition) is 5. The van der Waals surface area contributed by atoms with Crippen LogP contribution in [0.5, 0.6) is 0 Å². The van der Waals surface area contributed by atoms with Crippen molar-refractivity contribution in [2.75, 3.05) is 6.54 Å². The van der Waals surface area contributed by atoms with E-state index in [9.17, 15) is 14.7 Å². The predicted octanol–water partition coefficient (Wildman–Crippen LogP) is 1.98. The van der Waals surface area contributed by atoms with Gasteiger partial charge in [-0.2, -0.15) is 0 Å². The summed E-state index contributed by atoms with van der Waals surface area (Å²) in [6, 6.07) is 0. The fourth-order valence-electron chi connectivity index (χ4n) is 1.96. The Morgan fingerprint density at radius 2 is 2.10 bits per heavy atom.